The second kappa shape index (κ2) is 10.4. The third-order valence-corrected chi connectivity index (χ3v) is 7.49. The zero-order valence-electron chi connectivity index (χ0n) is 20.8. The quantitative estimate of drug-likeness (QED) is 0.354. The maximum Gasteiger partial charge on any atom is 0.328 e. The fourth-order valence-electron chi connectivity index (χ4n) is 4.91. The van der Waals surface area contributed by atoms with E-state index in [9.17, 15) is 14.7 Å². The lowest BCUT2D eigenvalue weighted by molar-refractivity contribution is 0.00932. The third-order valence-electron chi connectivity index (χ3n) is 7.49. The van der Waals surface area contributed by atoms with E-state index in [1.54, 1.807) is 10.9 Å². The normalized spacial score (nSPS) is 17.3. The summed E-state index contributed by atoms with van der Waals surface area (Å²) < 4.78 is 9.71. The Balaban J connectivity index is 1.22. The van der Waals surface area contributed by atoms with Gasteiger partial charge in [-0.3, -0.25) is 9.78 Å². The van der Waals surface area contributed by atoms with Crippen molar-refractivity contribution in [3.8, 4) is 5.75 Å². The second-order valence-electron chi connectivity index (χ2n) is 10.3. The molecule has 1 aromatic carbocycles. The molecule has 0 saturated heterocycles. The van der Waals surface area contributed by atoms with E-state index in [1.807, 2.05) is 31.2 Å². The number of unbranched alkanes of at least 4 members (excludes halogenated alkanes) is 1. The molecule has 2 heterocycles. The number of aliphatic hydroxyl groups is 1. The Labute approximate surface area is 210 Å². The lowest BCUT2D eigenvalue weighted by Crippen LogP contribution is -2.32. The Morgan fingerprint density at radius 2 is 1.94 bits per heavy atom. The molecule has 9 nitrogen and oxygen atoms in total. The lowest BCUT2D eigenvalue weighted by atomic mass is 9.90. The molecule has 0 amide bonds. The average Bonchev–Trinajstić information content (AvgIpc) is 3.81. The van der Waals surface area contributed by atoms with E-state index in [0.29, 0.717) is 37.5 Å². The van der Waals surface area contributed by atoms with E-state index >= 15 is 0 Å². The van der Waals surface area contributed by atoms with Crippen molar-refractivity contribution in [2.45, 2.75) is 83.1 Å². The molecule has 2 aliphatic carbocycles. The van der Waals surface area contributed by atoms with Crippen LogP contribution >= 0.6 is 0 Å². The fourth-order valence-corrected chi connectivity index (χ4v) is 4.91. The number of hydrogen-bond donors (Lipinski definition) is 2. The fraction of sp³-hybridized carbons (Fsp3) is 0.556. The van der Waals surface area contributed by atoms with Crippen LogP contribution < -0.4 is 16.0 Å². The summed E-state index contributed by atoms with van der Waals surface area (Å²) in [6.07, 6.45) is 11.4. The molecule has 1 atom stereocenters. The molecule has 5 rings (SSSR count). The first-order valence-corrected chi connectivity index (χ1v) is 13.1. The number of aryl methyl sites for hydroxylation is 2. The summed E-state index contributed by atoms with van der Waals surface area (Å²) in [5.41, 5.74) is -0.122. The van der Waals surface area contributed by atoms with Crippen LogP contribution in [-0.2, 0) is 25.1 Å². The smallest absolute Gasteiger partial charge is 0.328 e. The number of aromatic nitrogens is 5. The molecule has 0 radical (unpaired) electrons. The minimum Gasteiger partial charge on any atom is -0.490 e. The Kier molecular flexibility index (Phi) is 7.09. The van der Waals surface area contributed by atoms with Gasteiger partial charge in [0, 0.05) is 18.8 Å². The predicted octanol–water partition coefficient (Wildman–Crippen LogP) is 3.02. The van der Waals surface area contributed by atoms with Gasteiger partial charge in [0.05, 0.1) is 18.4 Å². The van der Waals surface area contributed by atoms with Gasteiger partial charge in [-0.05, 0) is 80.9 Å². The monoisotopic (exact) mass is 493 g/mol. The zero-order chi connectivity index (χ0) is 25.1. The summed E-state index contributed by atoms with van der Waals surface area (Å²) in [6.45, 7) is 2.80. The predicted molar refractivity (Wildman–Crippen MR) is 135 cm³/mol. The van der Waals surface area contributed by atoms with Crippen molar-refractivity contribution in [1.82, 2.24) is 24.5 Å². The van der Waals surface area contributed by atoms with E-state index in [0.717, 1.165) is 36.3 Å². The molecule has 192 valence electrons. The summed E-state index contributed by atoms with van der Waals surface area (Å²) in [6, 6.07) is 9.25. The van der Waals surface area contributed by atoms with E-state index in [1.165, 1.54) is 42.5 Å². The largest absolute Gasteiger partial charge is 0.490 e. The van der Waals surface area contributed by atoms with Gasteiger partial charge >= 0.3 is 5.69 Å². The van der Waals surface area contributed by atoms with Gasteiger partial charge in [0.2, 0.25) is 0 Å². The van der Waals surface area contributed by atoms with Crippen LogP contribution in [0.15, 0.2) is 52.3 Å². The molecule has 2 fully saturated rings. The van der Waals surface area contributed by atoms with Crippen LogP contribution in [0.3, 0.4) is 0 Å². The first-order valence-electron chi connectivity index (χ1n) is 13.1. The van der Waals surface area contributed by atoms with Gasteiger partial charge in [-0.2, -0.15) is 0 Å². The van der Waals surface area contributed by atoms with Crippen LogP contribution in [0.2, 0.25) is 0 Å². The molecule has 2 aromatic heterocycles. The molecule has 9 heteroatoms. The SMILES string of the molecule is CC[C@@](O)(Cn1nncc1CCCCn1ccc(=O)[nH]c1=O)c1cccc(OC(C2CC2)C2CC2)c1. The number of ether oxygens (including phenoxy) is 1. The van der Waals surface area contributed by atoms with E-state index in [4.69, 9.17) is 4.74 Å². The summed E-state index contributed by atoms with van der Waals surface area (Å²) in [5, 5.41) is 20.0. The van der Waals surface area contributed by atoms with Crippen molar-refractivity contribution >= 4 is 0 Å². The summed E-state index contributed by atoms with van der Waals surface area (Å²) in [4.78, 5) is 25.3. The maximum atomic E-state index is 11.8. The molecule has 0 aliphatic heterocycles. The molecule has 2 N–H and O–H groups in total. The molecule has 2 saturated carbocycles. The van der Waals surface area contributed by atoms with E-state index in [2.05, 4.69) is 15.3 Å². The van der Waals surface area contributed by atoms with Gasteiger partial charge in [-0.15, -0.1) is 5.10 Å². The highest BCUT2D eigenvalue weighted by molar-refractivity contribution is 5.33. The summed E-state index contributed by atoms with van der Waals surface area (Å²) in [7, 11) is 0. The van der Waals surface area contributed by atoms with Gasteiger partial charge in [-0.25, -0.2) is 9.48 Å². The lowest BCUT2D eigenvalue weighted by Gasteiger charge is -2.29. The van der Waals surface area contributed by atoms with Crippen LogP contribution in [-0.4, -0.2) is 35.8 Å². The molecular weight excluding hydrogens is 458 g/mol. The number of aromatic amines is 1. The molecular formula is C27H35N5O4. The number of benzene rings is 1. The Hall–Kier alpha value is -3.20. The summed E-state index contributed by atoms with van der Waals surface area (Å²) >= 11 is 0. The van der Waals surface area contributed by atoms with Gasteiger partial charge in [-0.1, -0.05) is 24.3 Å². The standard InChI is InChI=1S/C27H35N5O4/c1-2-27(35,21-6-5-8-23(16-21)36-25(19-9-10-19)20-11-12-20)18-32-22(17-28-30-32)7-3-4-14-31-15-13-24(33)29-26(31)34/h5-6,8,13,15-17,19-20,25,35H,2-4,7,9-12,14,18H2,1H3,(H,29,33,34)/t27-/m1/s1. The molecule has 0 spiro atoms. The van der Waals surface area contributed by atoms with Crippen molar-refractivity contribution in [2.75, 3.05) is 0 Å². The van der Waals surface area contributed by atoms with Gasteiger partial charge < -0.3 is 14.4 Å². The van der Waals surface area contributed by atoms with Crippen LogP contribution in [0.25, 0.3) is 0 Å². The van der Waals surface area contributed by atoms with Crippen LogP contribution in [0, 0.1) is 11.8 Å². The molecule has 36 heavy (non-hydrogen) atoms. The molecule has 3 aromatic rings. The van der Waals surface area contributed by atoms with Crippen molar-refractivity contribution < 1.29 is 9.84 Å². The van der Waals surface area contributed by atoms with E-state index < -0.39 is 16.9 Å². The third kappa shape index (κ3) is 5.78. The first kappa shape index (κ1) is 24.5. The van der Waals surface area contributed by atoms with Gasteiger partial charge in [0.25, 0.3) is 5.56 Å². The number of hydrogen-bond acceptors (Lipinski definition) is 6. The molecule has 0 unspecified atom stereocenters. The number of H-pyrrole nitrogens is 1. The molecule has 2 aliphatic rings. The van der Waals surface area contributed by atoms with E-state index in [-0.39, 0.29) is 0 Å². The first-order chi connectivity index (χ1) is 17.4. The summed E-state index contributed by atoms with van der Waals surface area (Å²) in [5.74, 6) is 2.21. The zero-order valence-corrected chi connectivity index (χ0v) is 20.8. The van der Waals surface area contributed by atoms with Crippen molar-refractivity contribution in [3.63, 3.8) is 0 Å². The Morgan fingerprint density at radius 3 is 2.64 bits per heavy atom. The molecule has 0 bridgehead atoms. The van der Waals surface area contributed by atoms with Gasteiger partial charge in [0.15, 0.2) is 0 Å². The number of nitrogens with zero attached hydrogens (tertiary/aromatic N) is 4. The highest BCUT2D eigenvalue weighted by Crippen LogP contribution is 2.46. The maximum absolute atomic E-state index is 11.8. The van der Waals surface area contributed by atoms with Gasteiger partial charge in [0.1, 0.15) is 17.5 Å². The minimum atomic E-state index is -1.10. The van der Waals surface area contributed by atoms with Crippen molar-refractivity contribution in [3.05, 3.63) is 74.8 Å². The highest BCUT2D eigenvalue weighted by Gasteiger charge is 2.43. The topological polar surface area (TPSA) is 115 Å². The second-order valence-corrected chi connectivity index (χ2v) is 10.3. The van der Waals surface area contributed by atoms with Crippen LogP contribution in [0.5, 0.6) is 5.75 Å². The highest BCUT2D eigenvalue weighted by atomic mass is 16.5. The van der Waals surface area contributed by atoms with Crippen LogP contribution in [0.4, 0.5) is 0 Å². The Morgan fingerprint density at radius 1 is 1.17 bits per heavy atom. The van der Waals surface area contributed by atoms with Crippen LogP contribution in [0.1, 0.15) is 63.1 Å². The Bertz CT molecular complexity index is 1280. The van der Waals surface area contributed by atoms with Crippen molar-refractivity contribution in [1.29, 1.82) is 0 Å². The average molecular weight is 494 g/mol. The van der Waals surface area contributed by atoms with Crippen molar-refractivity contribution in [2.24, 2.45) is 11.8 Å². The minimum absolute atomic E-state index is 0.302. The number of nitrogens with one attached hydrogen (secondary N) is 1. The number of rotatable bonds is 13.